The number of carbonyl (C=O) groups is 1. The van der Waals surface area contributed by atoms with Crippen molar-refractivity contribution in [1.29, 1.82) is 0 Å². The normalized spacial score (nSPS) is 13.8. The van der Waals surface area contributed by atoms with Crippen LogP contribution in [0.2, 0.25) is 0 Å². The maximum atomic E-state index is 10.6. The average Bonchev–Trinajstić information content (AvgIpc) is 2.43. The molecule has 1 unspecified atom stereocenters. The van der Waals surface area contributed by atoms with Gasteiger partial charge in [0.25, 0.3) is 0 Å². The third-order valence-corrected chi connectivity index (χ3v) is 3.57. The van der Waals surface area contributed by atoms with Crippen molar-refractivity contribution >= 4 is 23.0 Å². The average molecular weight is 445 g/mol. The van der Waals surface area contributed by atoms with Crippen LogP contribution in [0.1, 0.15) is 48.5 Å². The predicted octanol–water partition coefficient (Wildman–Crippen LogP) is 3.97. The van der Waals surface area contributed by atoms with E-state index in [1.807, 2.05) is 27.7 Å². The number of sulfone groups is 1. The summed E-state index contributed by atoms with van der Waals surface area (Å²) >= 11 is 0. The molecule has 0 aliphatic heterocycles. The van der Waals surface area contributed by atoms with Crippen molar-refractivity contribution in [2.45, 2.75) is 48.5 Å². The van der Waals surface area contributed by atoms with E-state index in [-0.39, 0.29) is 18.3 Å². The van der Waals surface area contributed by atoms with E-state index in [1.54, 1.807) is 6.08 Å². The molecule has 0 spiro atoms. The van der Waals surface area contributed by atoms with Crippen LogP contribution in [0.15, 0.2) is 11.9 Å². The predicted molar refractivity (Wildman–Crippen MR) is 117 cm³/mol. The molecule has 0 rings (SSSR count). The van der Waals surface area contributed by atoms with Crippen LogP contribution >= 0.6 is 7.37 Å². The summed E-state index contributed by atoms with van der Waals surface area (Å²) in [6.45, 7) is 16.3. The maximum Gasteiger partial charge on any atom is 0.219 e. The second-order valence-corrected chi connectivity index (χ2v) is 12.2. The number of hydrogen-bond donors (Lipinski definition) is 1. The van der Waals surface area contributed by atoms with Crippen LogP contribution in [0.4, 0.5) is 0 Å². The summed E-state index contributed by atoms with van der Waals surface area (Å²) in [6.07, 6.45) is 2.90. The van der Waals surface area contributed by atoms with E-state index in [2.05, 4.69) is 13.8 Å². The van der Waals surface area contributed by atoms with Crippen molar-refractivity contribution in [1.82, 2.24) is 0 Å². The highest BCUT2D eigenvalue weighted by Gasteiger charge is 2.02. The Morgan fingerprint density at radius 2 is 1.46 bits per heavy atom. The Morgan fingerprint density at radius 1 is 1.04 bits per heavy atom. The van der Waals surface area contributed by atoms with E-state index >= 15 is 0 Å². The molecular formula is C19H41O7PS. The molecule has 1 N–H and O–H groups in total. The molecule has 9 heteroatoms. The van der Waals surface area contributed by atoms with Gasteiger partial charge in [-0.2, -0.15) is 0 Å². The Morgan fingerprint density at radius 3 is 1.71 bits per heavy atom. The van der Waals surface area contributed by atoms with Crippen molar-refractivity contribution in [3.63, 3.8) is 0 Å². The first-order valence-electron chi connectivity index (χ1n) is 9.28. The minimum Gasteiger partial charge on any atom is -0.373 e. The highest BCUT2D eigenvalue weighted by Crippen LogP contribution is 2.36. The van der Waals surface area contributed by atoms with E-state index in [4.69, 9.17) is 14.4 Å². The van der Waals surface area contributed by atoms with Gasteiger partial charge < -0.3 is 14.4 Å². The maximum absolute atomic E-state index is 10.6. The zero-order chi connectivity index (χ0) is 23.0. The van der Waals surface area contributed by atoms with E-state index in [1.165, 1.54) is 19.4 Å². The molecular weight excluding hydrogens is 403 g/mol. The summed E-state index contributed by atoms with van der Waals surface area (Å²) in [5.41, 5.74) is 0. The number of carbonyl (C=O) groups excluding carboxylic acids is 1. The third kappa shape index (κ3) is 44.7. The fourth-order valence-electron chi connectivity index (χ4n) is 1.21. The first-order valence-corrected chi connectivity index (χ1v) is 13.5. The van der Waals surface area contributed by atoms with Crippen molar-refractivity contribution in [3.8, 4) is 0 Å². The summed E-state index contributed by atoms with van der Waals surface area (Å²) in [6, 6.07) is 0. The van der Waals surface area contributed by atoms with Crippen molar-refractivity contribution in [2.75, 3.05) is 38.7 Å². The lowest BCUT2D eigenvalue weighted by molar-refractivity contribution is -0.121. The third-order valence-electron chi connectivity index (χ3n) is 2.25. The first kappa shape index (κ1) is 32.1. The van der Waals surface area contributed by atoms with Crippen molar-refractivity contribution in [3.05, 3.63) is 11.9 Å². The lowest BCUT2D eigenvalue weighted by Crippen LogP contribution is -2.10. The number of rotatable bonds is 10. The minimum atomic E-state index is -2.94. The zero-order valence-corrected chi connectivity index (χ0v) is 20.7. The molecule has 0 bridgehead atoms. The van der Waals surface area contributed by atoms with Gasteiger partial charge in [0, 0.05) is 19.5 Å². The number of allylic oxidation sites excluding steroid dienone is 1. The fraction of sp³-hybridized carbons (Fsp3) is 0.842. The van der Waals surface area contributed by atoms with E-state index in [0.717, 1.165) is 6.26 Å². The summed E-state index contributed by atoms with van der Waals surface area (Å²) < 4.78 is 41.4. The molecule has 0 aliphatic carbocycles. The minimum absolute atomic E-state index is 0.0932. The quantitative estimate of drug-likeness (QED) is 0.508. The van der Waals surface area contributed by atoms with Crippen LogP contribution < -0.4 is 0 Å². The van der Waals surface area contributed by atoms with Crippen LogP contribution in [0.5, 0.6) is 0 Å². The van der Waals surface area contributed by atoms with Crippen molar-refractivity contribution in [2.24, 2.45) is 17.8 Å². The second kappa shape index (κ2) is 17.3. The Labute approximate surface area is 172 Å². The molecule has 0 radical (unpaired) electrons. The lowest BCUT2D eigenvalue weighted by atomic mass is 10.2. The molecule has 0 fully saturated rings. The lowest BCUT2D eigenvalue weighted by Gasteiger charge is -2.04. The fourth-order valence-corrected chi connectivity index (χ4v) is 2.27. The van der Waals surface area contributed by atoms with Gasteiger partial charge in [0.2, 0.25) is 7.37 Å². The van der Waals surface area contributed by atoms with Crippen LogP contribution in [0.3, 0.4) is 0 Å². The number of Topliss-reactive ketones (excluding diaryl/α,β-unsaturated/α-hetero) is 1. The molecule has 0 aromatic rings. The molecule has 0 saturated carbocycles. The Kier molecular flexibility index (Phi) is 19.9. The number of ketones is 1. The van der Waals surface area contributed by atoms with Gasteiger partial charge in [0.1, 0.15) is 12.5 Å². The van der Waals surface area contributed by atoms with E-state index < -0.39 is 17.2 Å². The van der Waals surface area contributed by atoms with Crippen molar-refractivity contribution < 1.29 is 32.1 Å². The highest BCUT2D eigenvalue weighted by atomic mass is 32.2. The monoisotopic (exact) mass is 444 g/mol. The van der Waals surface area contributed by atoms with Gasteiger partial charge in [0.15, 0.2) is 15.6 Å². The molecule has 170 valence electrons. The molecule has 0 heterocycles. The zero-order valence-electron chi connectivity index (χ0n) is 19.0. The molecule has 0 aromatic carbocycles. The van der Waals surface area contributed by atoms with Gasteiger partial charge in [-0.25, -0.2) is 8.42 Å². The van der Waals surface area contributed by atoms with Crippen LogP contribution in [0.25, 0.3) is 0 Å². The second-order valence-electron chi connectivity index (χ2n) is 7.95. The summed E-state index contributed by atoms with van der Waals surface area (Å²) in [5.74, 6) is 2.57. The Balaban J connectivity index is -0.000000336. The van der Waals surface area contributed by atoms with Crippen LogP contribution in [-0.2, 0) is 28.7 Å². The van der Waals surface area contributed by atoms with Gasteiger partial charge in [-0.15, -0.1) is 0 Å². The molecule has 0 saturated heterocycles. The molecule has 28 heavy (non-hydrogen) atoms. The van der Waals surface area contributed by atoms with Crippen LogP contribution in [0, 0.1) is 17.8 Å². The van der Waals surface area contributed by atoms with Gasteiger partial charge >= 0.3 is 0 Å². The standard InChI is InChI=1S/C7H14O2.C6H14O3S.C6H13O2P/c1-6(2)4-9-5-7(3)8;1-6(2)4-9-5-10(3,7)8;1-6(2)4-5-9(3,7)8/h6H,4-5H2,1-3H3;6H,4-5H2,1-3H3;4-6H,1-3H3,(H,7,8)/b;;5-4+. The van der Waals surface area contributed by atoms with Gasteiger partial charge in [-0.1, -0.05) is 47.6 Å². The van der Waals surface area contributed by atoms with Gasteiger partial charge in [-0.05, 0) is 30.5 Å². The topological polar surface area (TPSA) is 107 Å². The SMILES string of the molecule is CC(=O)COCC(C)C.CC(C)/C=C/P(C)(=O)O.CC(C)COCS(C)(=O)=O. The highest BCUT2D eigenvalue weighted by molar-refractivity contribution is 7.90. The van der Waals surface area contributed by atoms with Gasteiger partial charge in [-0.3, -0.25) is 9.36 Å². The molecule has 0 aliphatic rings. The Bertz CT molecular complexity index is 561. The smallest absolute Gasteiger partial charge is 0.219 e. The summed E-state index contributed by atoms with van der Waals surface area (Å²) in [7, 11) is -5.84. The van der Waals surface area contributed by atoms with Gasteiger partial charge in [0.05, 0.1) is 6.61 Å². The van der Waals surface area contributed by atoms with E-state index in [9.17, 15) is 17.8 Å². The summed E-state index contributed by atoms with van der Waals surface area (Å²) in [5, 5.41) is 0. The molecule has 1 atom stereocenters. The first-order chi connectivity index (χ1) is 12.5. The number of hydrogen-bond acceptors (Lipinski definition) is 6. The molecule has 7 nitrogen and oxygen atoms in total. The van der Waals surface area contributed by atoms with Crippen LogP contribution in [-0.4, -0.2) is 57.8 Å². The molecule has 0 aromatic heterocycles. The summed E-state index contributed by atoms with van der Waals surface area (Å²) in [4.78, 5) is 19.0. The largest absolute Gasteiger partial charge is 0.373 e. The molecule has 0 amide bonds. The number of ether oxygens (including phenoxy) is 2. The van der Waals surface area contributed by atoms with E-state index in [0.29, 0.717) is 31.0 Å². The Hall–Kier alpha value is -0.530.